The van der Waals surface area contributed by atoms with Gasteiger partial charge in [0, 0.05) is 32.9 Å². The molecule has 0 bridgehead atoms. The Morgan fingerprint density at radius 2 is 1.97 bits per heavy atom. The summed E-state index contributed by atoms with van der Waals surface area (Å²) in [5.74, 6) is 1.29. The van der Waals surface area contributed by atoms with Crippen LogP contribution >= 0.6 is 24.0 Å². The number of hydrogen-bond donors (Lipinski definition) is 3. The first-order valence-corrected chi connectivity index (χ1v) is 10.9. The van der Waals surface area contributed by atoms with Crippen molar-refractivity contribution in [3.05, 3.63) is 65.6 Å². The van der Waals surface area contributed by atoms with Crippen LogP contribution in [0.2, 0.25) is 0 Å². The van der Waals surface area contributed by atoms with Gasteiger partial charge in [0.2, 0.25) is 5.91 Å². The average Bonchev–Trinajstić information content (AvgIpc) is 3.23. The fourth-order valence-electron chi connectivity index (χ4n) is 4.11. The third-order valence-corrected chi connectivity index (χ3v) is 5.79. The molecule has 33 heavy (non-hydrogen) atoms. The maximum Gasteiger partial charge on any atom is 0.221 e. The summed E-state index contributed by atoms with van der Waals surface area (Å²) >= 11 is 0. The lowest BCUT2D eigenvalue weighted by Gasteiger charge is -2.31. The summed E-state index contributed by atoms with van der Waals surface area (Å²) in [6.45, 7) is 3.73. The number of aliphatic imine (C=N–C) groups is 1. The van der Waals surface area contributed by atoms with Crippen LogP contribution in [-0.4, -0.2) is 51.5 Å². The lowest BCUT2D eigenvalue weighted by Crippen LogP contribution is -2.40. The van der Waals surface area contributed by atoms with Crippen molar-refractivity contribution >= 4 is 41.5 Å². The lowest BCUT2D eigenvalue weighted by atomic mass is 9.97. The first-order chi connectivity index (χ1) is 15.6. The molecule has 2 aromatic heterocycles. The fourth-order valence-corrected chi connectivity index (χ4v) is 4.11. The summed E-state index contributed by atoms with van der Waals surface area (Å²) in [5, 5.41) is 15.1. The van der Waals surface area contributed by atoms with Gasteiger partial charge in [-0.1, -0.05) is 30.3 Å². The van der Waals surface area contributed by atoms with Crippen LogP contribution < -0.4 is 16.4 Å². The van der Waals surface area contributed by atoms with Gasteiger partial charge < -0.3 is 16.4 Å². The van der Waals surface area contributed by atoms with Crippen LogP contribution in [0.5, 0.6) is 0 Å². The molecular weight excluding hydrogens is 531 g/mol. The standard InChI is InChI=1S/C23H30N8O.HI/c1-25-23(27-14-21-29-28-20-9-2-3-11-31(20)21)26-13-17-6-4-7-18(12-17)15-30-10-5-8-19(16-30)22(24)32;/h2-4,6-7,9,11-12,19H,5,8,10,13-16H2,1H3,(H2,24,32)(H2,25,26,27);1H. The van der Waals surface area contributed by atoms with E-state index in [1.165, 1.54) is 11.1 Å². The van der Waals surface area contributed by atoms with Gasteiger partial charge in [-0.25, -0.2) is 0 Å². The number of nitrogens with zero attached hydrogens (tertiary/aromatic N) is 5. The van der Waals surface area contributed by atoms with Gasteiger partial charge in [-0.2, -0.15) is 0 Å². The number of amides is 1. The van der Waals surface area contributed by atoms with Crippen molar-refractivity contribution in [1.29, 1.82) is 0 Å². The number of carbonyl (C=O) groups is 1. The average molecular weight is 562 g/mol. The Kier molecular flexibility index (Phi) is 9.01. The van der Waals surface area contributed by atoms with Crippen molar-refractivity contribution in [2.45, 2.75) is 32.5 Å². The van der Waals surface area contributed by atoms with E-state index in [0.717, 1.165) is 43.9 Å². The number of hydrogen-bond acceptors (Lipinski definition) is 5. The third-order valence-electron chi connectivity index (χ3n) is 5.79. The molecule has 10 heteroatoms. The Morgan fingerprint density at radius 3 is 2.79 bits per heavy atom. The van der Waals surface area contributed by atoms with Crippen molar-refractivity contribution < 1.29 is 4.79 Å². The van der Waals surface area contributed by atoms with E-state index < -0.39 is 0 Å². The van der Waals surface area contributed by atoms with E-state index >= 15 is 0 Å². The van der Waals surface area contributed by atoms with Gasteiger partial charge in [0.25, 0.3) is 0 Å². The highest BCUT2D eigenvalue weighted by Gasteiger charge is 2.23. The molecule has 1 amide bonds. The van der Waals surface area contributed by atoms with Crippen LogP contribution in [0, 0.1) is 5.92 Å². The van der Waals surface area contributed by atoms with Gasteiger partial charge in [0.05, 0.1) is 12.5 Å². The fraction of sp³-hybridized carbons (Fsp3) is 0.391. The van der Waals surface area contributed by atoms with E-state index in [9.17, 15) is 4.79 Å². The number of rotatable bonds is 7. The Bertz CT molecular complexity index is 1100. The molecule has 1 aliphatic rings. The number of piperidine rings is 1. The minimum atomic E-state index is -0.189. The molecular formula is C23H31IN8O. The van der Waals surface area contributed by atoms with Gasteiger partial charge in [-0.15, -0.1) is 34.2 Å². The van der Waals surface area contributed by atoms with Gasteiger partial charge in [-0.05, 0) is 42.6 Å². The number of carbonyl (C=O) groups excluding carboxylic acids is 1. The van der Waals surface area contributed by atoms with E-state index in [1.807, 2.05) is 28.8 Å². The van der Waals surface area contributed by atoms with Crippen LogP contribution in [0.25, 0.3) is 5.65 Å². The molecule has 0 aliphatic carbocycles. The second-order valence-corrected chi connectivity index (χ2v) is 8.12. The van der Waals surface area contributed by atoms with Crippen molar-refractivity contribution in [1.82, 2.24) is 30.1 Å². The molecule has 1 aromatic carbocycles. The zero-order valence-corrected chi connectivity index (χ0v) is 21.1. The number of aromatic nitrogens is 3. The van der Waals surface area contributed by atoms with Crippen LogP contribution in [0.3, 0.4) is 0 Å². The van der Waals surface area contributed by atoms with Crippen LogP contribution in [0.15, 0.2) is 53.7 Å². The number of primary amides is 1. The topological polar surface area (TPSA) is 113 Å². The predicted octanol–water partition coefficient (Wildman–Crippen LogP) is 1.91. The van der Waals surface area contributed by atoms with Crippen LogP contribution in [-0.2, 0) is 24.4 Å². The molecule has 0 spiro atoms. The predicted molar refractivity (Wildman–Crippen MR) is 139 cm³/mol. The summed E-state index contributed by atoms with van der Waals surface area (Å²) in [7, 11) is 1.75. The third kappa shape index (κ3) is 6.64. The summed E-state index contributed by atoms with van der Waals surface area (Å²) in [6, 6.07) is 14.3. The number of benzene rings is 1. The molecule has 4 rings (SSSR count). The monoisotopic (exact) mass is 562 g/mol. The SMILES string of the molecule is CN=C(NCc1cccc(CN2CCCC(C(N)=O)C2)c1)NCc1nnc2ccccn12.I. The summed E-state index contributed by atoms with van der Waals surface area (Å²) in [4.78, 5) is 18.2. The Balaban J connectivity index is 0.00000306. The number of guanidine groups is 1. The minimum absolute atomic E-state index is 0. The molecule has 1 atom stereocenters. The first kappa shape index (κ1) is 24.9. The Morgan fingerprint density at radius 1 is 1.15 bits per heavy atom. The highest BCUT2D eigenvalue weighted by molar-refractivity contribution is 14.0. The number of pyridine rings is 1. The highest BCUT2D eigenvalue weighted by atomic mass is 127. The molecule has 4 N–H and O–H groups in total. The van der Waals surface area contributed by atoms with E-state index in [2.05, 4.69) is 55.0 Å². The number of nitrogens with two attached hydrogens (primary N) is 1. The normalized spacial score (nSPS) is 16.9. The maximum absolute atomic E-state index is 11.5. The van der Waals surface area contributed by atoms with Gasteiger partial charge in [0.1, 0.15) is 0 Å². The molecule has 0 saturated carbocycles. The molecule has 1 saturated heterocycles. The van der Waals surface area contributed by atoms with Crippen molar-refractivity contribution in [2.75, 3.05) is 20.1 Å². The van der Waals surface area contributed by atoms with Gasteiger partial charge >= 0.3 is 0 Å². The number of likely N-dealkylation sites (tertiary alicyclic amines) is 1. The van der Waals surface area contributed by atoms with Crippen molar-refractivity contribution in [3.63, 3.8) is 0 Å². The minimum Gasteiger partial charge on any atom is -0.369 e. The largest absolute Gasteiger partial charge is 0.369 e. The lowest BCUT2D eigenvalue weighted by molar-refractivity contribution is -0.123. The molecule has 0 radical (unpaired) electrons. The number of nitrogens with one attached hydrogen (secondary N) is 2. The quantitative estimate of drug-likeness (QED) is 0.231. The van der Waals surface area contributed by atoms with Crippen LogP contribution in [0.4, 0.5) is 0 Å². The Labute approximate surface area is 210 Å². The van der Waals surface area contributed by atoms with E-state index in [-0.39, 0.29) is 35.8 Å². The summed E-state index contributed by atoms with van der Waals surface area (Å²) in [5.41, 5.74) is 8.73. The van der Waals surface area contributed by atoms with Crippen LogP contribution in [0.1, 0.15) is 29.8 Å². The van der Waals surface area contributed by atoms with Gasteiger partial charge in [-0.3, -0.25) is 19.1 Å². The summed E-state index contributed by atoms with van der Waals surface area (Å²) < 4.78 is 1.95. The Hall–Kier alpha value is -2.73. The molecule has 9 nitrogen and oxygen atoms in total. The maximum atomic E-state index is 11.5. The number of fused-ring (bicyclic) bond motifs is 1. The molecule has 3 aromatic rings. The van der Waals surface area contributed by atoms with E-state index in [0.29, 0.717) is 19.0 Å². The van der Waals surface area contributed by atoms with E-state index in [4.69, 9.17) is 5.73 Å². The molecule has 1 aliphatic heterocycles. The summed E-state index contributed by atoms with van der Waals surface area (Å²) in [6.07, 6.45) is 3.85. The second kappa shape index (κ2) is 11.9. The highest BCUT2D eigenvalue weighted by Crippen LogP contribution is 2.18. The molecule has 3 heterocycles. The molecule has 176 valence electrons. The first-order valence-electron chi connectivity index (χ1n) is 10.9. The van der Waals surface area contributed by atoms with Gasteiger partial charge in [0.15, 0.2) is 17.4 Å². The second-order valence-electron chi connectivity index (χ2n) is 8.12. The number of halogens is 1. The molecule has 1 unspecified atom stereocenters. The smallest absolute Gasteiger partial charge is 0.221 e. The van der Waals surface area contributed by atoms with Crippen molar-refractivity contribution in [2.24, 2.45) is 16.6 Å². The van der Waals surface area contributed by atoms with E-state index in [1.54, 1.807) is 7.05 Å². The zero-order valence-electron chi connectivity index (χ0n) is 18.8. The van der Waals surface area contributed by atoms with Crippen molar-refractivity contribution in [3.8, 4) is 0 Å². The molecule has 1 fully saturated rings. The zero-order chi connectivity index (χ0) is 22.3.